The molecule has 2 aromatic carbocycles. The highest BCUT2D eigenvalue weighted by Crippen LogP contribution is 2.38. The Hall–Kier alpha value is -2.62. The summed E-state index contributed by atoms with van der Waals surface area (Å²) < 4.78 is 34.4. The molecule has 31 heavy (non-hydrogen) atoms. The van der Waals surface area contributed by atoms with Crippen molar-refractivity contribution in [2.45, 2.75) is 29.9 Å². The van der Waals surface area contributed by atoms with Crippen LogP contribution in [0.2, 0.25) is 0 Å². The molecule has 9 heteroatoms. The van der Waals surface area contributed by atoms with E-state index in [1.165, 1.54) is 12.1 Å². The van der Waals surface area contributed by atoms with Gasteiger partial charge in [-0.2, -0.15) is 0 Å². The minimum Gasteiger partial charge on any atom is -0.493 e. The van der Waals surface area contributed by atoms with Crippen LogP contribution in [-0.4, -0.2) is 62.8 Å². The number of amides is 1. The predicted octanol–water partition coefficient (Wildman–Crippen LogP) is 1.17. The number of para-hydroxylation sites is 1. The summed E-state index contributed by atoms with van der Waals surface area (Å²) in [5, 5.41) is 22.9. The first-order chi connectivity index (χ1) is 14.7. The third-order valence-corrected chi connectivity index (χ3v) is 6.43. The molecule has 3 N–H and O–H groups in total. The van der Waals surface area contributed by atoms with E-state index in [-0.39, 0.29) is 43.4 Å². The summed E-state index contributed by atoms with van der Waals surface area (Å²) in [6, 6.07) is 15.0. The summed E-state index contributed by atoms with van der Waals surface area (Å²) in [7, 11) is -3.30. The molecule has 1 fully saturated rings. The number of nitrogens with one attached hydrogen (secondary N) is 1. The van der Waals surface area contributed by atoms with Crippen molar-refractivity contribution in [1.29, 1.82) is 0 Å². The van der Waals surface area contributed by atoms with Crippen LogP contribution in [0, 0.1) is 5.41 Å². The normalized spacial score (nSPS) is 23.3. The van der Waals surface area contributed by atoms with Gasteiger partial charge in [-0.25, -0.2) is 8.42 Å². The maximum Gasteiger partial charge on any atom is 0.257 e. The van der Waals surface area contributed by atoms with Crippen LogP contribution < -0.4 is 14.8 Å². The number of benzene rings is 2. The number of hydrogen-bond acceptors (Lipinski definition) is 7. The van der Waals surface area contributed by atoms with Crippen molar-refractivity contribution in [3.05, 3.63) is 54.6 Å². The number of aliphatic hydroxyl groups is 2. The quantitative estimate of drug-likeness (QED) is 0.525. The zero-order valence-electron chi connectivity index (χ0n) is 17.2. The largest absolute Gasteiger partial charge is 0.493 e. The summed E-state index contributed by atoms with van der Waals surface area (Å²) in [5.41, 5.74) is -0.670. The molecular weight excluding hydrogens is 422 g/mol. The lowest BCUT2D eigenvalue weighted by atomic mass is 9.86. The van der Waals surface area contributed by atoms with Crippen molar-refractivity contribution in [2.75, 3.05) is 26.0 Å². The van der Waals surface area contributed by atoms with Gasteiger partial charge in [-0.1, -0.05) is 18.2 Å². The van der Waals surface area contributed by atoms with Gasteiger partial charge in [-0.15, -0.1) is 0 Å². The summed E-state index contributed by atoms with van der Waals surface area (Å²) in [6.45, 7) is 0.178. The van der Waals surface area contributed by atoms with E-state index in [1.807, 2.05) is 18.2 Å². The molecule has 168 valence electrons. The van der Waals surface area contributed by atoms with E-state index in [9.17, 15) is 23.4 Å². The molecule has 1 saturated carbocycles. The van der Waals surface area contributed by atoms with E-state index in [0.717, 1.165) is 6.26 Å². The Morgan fingerprint density at radius 1 is 1.00 bits per heavy atom. The topological polar surface area (TPSA) is 122 Å². The number of ether oxygens (including phenoxy) is 2. The van der Waals surface area contributed by atoms with Gasteiger partial charge in [-0.3, -0.25) is 4.79 Å². The molecule has 0 aromatic heterocycles. The van der Waals surface area contributed by atoms with Gasteiger partial charge in [0.05, 0.1) is 23.7 Å². The zero-order chi connectivity index (χ0) is 22.5. The van der Waals surface area contributed by atoms with E-state index < -0.39 is 27.5 Å². The van der Waals surface area contributed by atoms with Crippen LogP contribution >= 0.6 is 0 Å². The average Bonchev–Trinajstić information content (AvgIpc) is 3.03. The Balaban J connectivity index is 1.58. The first-order valence-electron chi connectivity index (χ1n) is 9.91. The van der Waals surface area contributed by atoms with Crippen molar-refractivity contribution in [3.8, 4) is 11.5 Å². The Labute approximate surface area is 181 Å². The number of carbonyl (C=O) groups is 1. The highest BCUT2D eigenvalue weighted by Gasteiger charge is 2.45. The third-order valence-electron chi connectivity index (χ3n) is 5.30. The van der Waals surface area contributed by atoms with Gasteiger partial charge >= 0.3 is 0 Å². The van der Waals surface area contributed by atoms with Gasteiger partial charge in [0.15, 0.2) is 16.4 Å². The number of rotatable bonds is 9. The van der Waals surface area contributed by atoms with E-state index in [0.29, 0.717) is 11.5 Å². The van der Waals surface area contributed by atoms with Gasteiger partial charge in [-0.05, 0) is 49.2 Å². The minimum absolute atomic E-state index is 0.138. The molecule has 0 heterocycles. The fraction of sp³-hybridized carbons (Fsp3) is 0.409. The average molecular weight is 450 g/mol. The van der Waals surface area contributed by atoms with Crippen molar-refractivity contribution in [1.82, 2.24) is 5.32 Å². The second-order valence-corrected chi connectivity index (χ2v) is 9.97. The van der Waals surface area contributed by atoms with Crippen LogP contribution in [0.25, 0.3) is 0 Å². The molecule has 1 aliphatic rings. The molecule has 0 spiro atoms. The SMILES string of the molecule is CS(=O)(=O)c1ccc(OCC2(CNC(=O)COc3ccccc3)C[C@@H](O)[C@@H](O)C2)cc1. The Kier molecular flexibility index (Phi) is 7.19. The molecule has 2 aromatic rings. The van der Waals surface area contributed by atoms with Crippen LogP contribution in [-0.2, 0) is 14.6 Å². The number of aliphatic hydroxyl groups excluding tert-OH is 2. The van der Waals surface area contributed by atoms with Crippen molar-refractivity contribution in [3.63, 3.8) is 0 Å². The molecule has 3 rings (SSSR count). The molecule has 0 bridgehead atoms. The minimum atomic E-state index is -3.30. The second kappa shape index (κ2) is 9.67. The lowest BCUT2D eigenvalue weighted by Gasteiger charge is -2.29. The van der Waals surface area contributed by atoms with Gasteiger partial charge < -0.3 is 25.0 Å². The van der Waals surface area contributed by atoms with Crippen molar-refractivity contribution >= 4 is 15.7 Å². The number of carbonyl (C=O) groups excluding carboxylic acids is 1. The van der Waals surface area contributed by atoms with E-state index in [2.05, 4.69) is 5.32 Å². The molecule has 0 aliphatic heterocycles. The van der Waals surface area contributed by atoms with Crippen LogP contribution in [0.15, 0.2) is 59.5 Å². The third kappa shape index (κ3) is 6.43. The van der Waals surface area contributed by atoms with Crippen molar-refractivity contribution < 1.29 is 32.9 Å². The molecule has 1 amide bonds. The van der Waals surface area contributed by atoms with Crippen LogP contribution in [0.4, 0.5) is 0 Å². The van der Waals surface area contributed by atoms with E-state index in [1.54, 1.807) is 24.3 Å². The maximum atomic E-state index is 12.2. The van der Waals surface area contributed by atoms with Crippen LogP contribution in [0.5, 0.6) is 11.5 Å². The summed E-state index contributed by atoms with van der Waals surface area (Å²) in [4.78, 5) is 12.4. The molecule has 1 aliphatic carbocycles. The zero-order valence-corrected chi connectivity index (χ0v) is 18.0. The van der Waals surface area contributed by atoms with E-state index in [4.69, 9.17) is 9.47 Å². The highest BCUT2D eigenvalue weighted by molar-refractivity contribution is 7.90. The summed E-state index contributed by atoms with van der Waals surface area (Å²) in [5.74, 6) is 0.720. The van der Waals surface area contributed by atoms with Crippen LogP contribution in [0.3, 0.4) is 0 Å². The highest BCUT2D eigenvalue weighted by atomic mass is 32.2. The van der Waals surface area contributed by atoms with Gasteiger partial charge in [0.25, 0.3) is 5.91 Å². The lowest BCUT2D eigenvalue weighted by Crippen LogP contribution is -2.42. The summed E-state index contributed by atoms with van der Waals surface area (Å²) in [6.07, 6.45) is -0.170. The molecule has 3 atom stereocenters. The molecule has 1 unspecified atom stereocenters. The number of hydrogen-bond donors (Lipinski definition) is 3. The fourth-order valence-electron chi connectivity index (χ4n) is 3.58. The predicted molar refractivity (Wildman–Crippen MR) is 114 cm³/mol. The summed E-state index contributed by atoms with van der Waals surface area (Å²) >= 11 is 0. The van der Waals surface area contributed by atoms with Crippen molar-refractivity contribution in [2.24, 2.45) is 5.41 Å². The number of sulfone groups is 1. The molecule has 0 saturated heterocycles. The first-order valence-corrected chi connectivity index (χ1v) is 11.8. The second-order valence-electron chi connectivity index (χ2n) is 7.95. The molecule has 8 nitrogen and oxygen atoms in total. The molecule has 0 radical (unpaired) electrons. The lowest BCUT2D eigenvalue weighted by molar-refractivity contribution is -0.123. The first kappa shape index (κ1) is 23.1. The van der Waals surface area contributed by atoms with Gasteiger partial charge in [0.1, 0.15) is 11.5 Å². The monoisotopic (exact) mass is 449 g/mol. The Morgan fingerprint density at radius 2 is 1.58 bits per heavy atom. The van der Waals surface area contributed by atoms with E-state index >= 15 is 0 Å². The smallest absolute Gasteiger partial charge is 0.257 e. The van der Waals surface area contributed by atoms with Gasteiger partial charge in [0, 0.05) is 18.2 Å². The Morgan fingerprint density at radius 3 is 2.16 bits per heavy atom. The van der Waals surface area contributed by atoms with Crippen LogP contribution in [0.1, 0.15) is 12.8 Å². The standard InChI is InChI=1S/C22H27NO7S/c1-31(27,28)18-9-7-17(8-10-18)30-15-22(11-19(24)20(25)12-22)14-23-21(26)13-29-16-5-3-2-4-6-16/h2-10,19-20,24-25H,11-15H2,1H3,(H,23,26)/t19-,20+,22?. The Bertz CT molecular complexity index is 967. The van der Waals surface area contributed by atoms with Gasteiger partial charge in [0.2, 0.25) is 0 Å². The fourth-order valence-corrected chi connectivity index (χ4v) is 4.21. The maximum absolute atomic E-state index is 12.2. The molecular formula is C22H27NO7S.